The zero-order valence-corrected chi connectivity index (χ0v) is 20.0. The van der Waals surface area contributed by atoms with Gasteiger partial charge in [-0.1, -0.05) is 65.4 Å². The first-order valence-electron chi connectivity index (χ1n) is 10.9. The summed E-state index contributed by atoms with van der Waals surface area (Å²) in [6, 6.07) is 20.9. The minimum atomic E-state index is -0.920. The van der Waals surface area contributed by atoms with Gasteiger partial charge in [0.1, 0.15) is 11.0 Å². The molecule has 0 spiro atoms. The lowest BCUT2D eigenvalue weighted by atomic mass is 10.1. The molecule has 3 N–H and O–H groups in total. The number of amides is 3. The summed E-state index contributed by atoms with van der Waals surface area (Å²) in [6.45, 7) is 1.98. The standard InChI is InChI=1S/C25H22N6O4S/c1-16-6-5-9-18(14-16)23-29-30-25(36-23)28-22(32)21(15-17-7-3-2-4-8-17)27-24(33)26-19-10-12-20(13-11-19)31(34)35/h2-14,21H,15H2,1H3,(H2,26,27,33)(H,28,30,32). The lowest BCUT2D eigenvalue weighted by Crippen LogP contribution is -2.46. The smallest absolute Gasteiger partial charge is 0.319 e. The SMILES string of the molecule is Cc1cccc(-c2nnc(NC(=O)C(Cc3ccccc3)NC(=O)Nc3ccc([N+](=O)[O-])cc3)s2)c1. The fourth-order valence-electron chi connectivity index (χ4n) is 3.41. The molecular weight excluding hydrogens is 480 g/mol. The molecule has 0 aliphatic rings. The third kappa shape index (κ3) is 6.48. The highest BCUT2D eigenvalue weighted by molar-refractivity contribution is 7.18. The molecule has 0 saturated heterocycles. The number of carbonyl (C=O) groups is 2. The molecule has 3 aromatic carbocycles. The number of benzene rings is 3. The fourth-order valence-corrected chi connectivity index (χ4v) is 4.15. The van der Waals surface area contributed by atoms with Crippen LogP contribution in [0.5, 0.6) is 0 Å². The molecule has 1 atom stereocenters. The van der Waals surface area contributed by atoms with Gasteiger partial charge in [0.15, 0.2) is 0 Å². The average Bonchev–Trinajstić information content (AvgIpc) is 3.33. The Morgan fingerprint density at radius 3 is 2.42 bits per heavy atom. The summed E-state index contributed by atoms with van der Waals surface area (Å²) in [4.78, 5) is 36.1. The average molecular weight is 503 g/mol. The molecule has 1 unspecified atom stereocenters. The Labute approximate surface area is 210 Å². The van der Waals surface area contributed by atoms with Gasteiger partial charge in [0.25, 0.3) is 5.69 Å². The lowest BCUT2D eigenvalue weighted by molar-refractivity contribution is -0.384. The Bertz CT molecular complexity index is 1370. The molecule has 0 radical (unpaired) electrons. The number of anilines is 2. The predicted molar refractivity (Wildman–Crippen MR) is 138 cm³/mol. The van der Waals surface area contributed by atoms with E-state index in [0.29, 0.717) is 15.8 Å². The Kier molecular flexibility index (Phi) is 7.61. The van der Waals surface area contributed by atoms with Gasteiger partial charge in [-0.25, -0.2) is 4.79 Å². The minimum absolute atomic E-state index is 0.0932. The number of hydrogen-bond acceptors (Lipinski definition) is 7. The van der Waals surface area contributed by atoms with Crippen LogP contribution in [0, 0.1) is 17.0 Å². The summed E-state index contributed by atoms with van der Waals surface area (Å²) in [5.41, 5.74) is 3.09. The van der Waals surface area contributed by atoms with Crippen LogP contribution in [-0.4, -0.2) is 33.1 Å². The van der Waals surface area contributed by atoms with Crippen molar-refractivity contribution in [1.29, 1.82) is 0 Å². The molecule has 4 aromatic rings. The molecule has 182 valence electrons. The van der Waals surface area contributed by atoms with Crippen LogP contribution >= 0.6 is 11.3 Å². The van der Waals surface area contributed by atoms with E-state index in [1.807, 2.05) is 61.5 Å². The van der Waals surface area contributed by atoms with Crippen molar-refractivity contribution in [2.24, 2.45) is 0 Å². The highest BCUT2D eigenvalue weighted by Crippen LogP contribution is 2.27. The summed E-state index contributed by atoms with van der Waals surface area (Å²) in [7, 11) is 0. The Morgan fingerprint density at radius 2 is 1.72 bits per heavy atom. The van der Waals surface area contributed by atoms with Crippen LogP contribution in [0.1, 0.15) is 11.1 Å². The highest BCUT2D eigenvalue weighted by atomic mass is 32.1. The number of aromatic nitrogens is 2. The molecule has 0 aliphatic heterocycles. The van der Waals surface area contributed by atoms with E-state index >= 15 is 0 Å². The van der Waals surface area contributed by atoms with E-state index in [4.69, 9.17) is 0 Å². The van der Waals surface area contributed by atoms with Gasteiger partial charge < -0.3 is 10.6 Å². The zero-order valence-electron chi connectivity index (χ0n) is 19.2. The molecule has 0 fully saturated rings. The quantitative estimate of drug-likeness (QED) is 0.234. The first kappa shape index (κ1) is 24.5. The molecule has 4 rings (SSSR count). The molecule has 0 saturated carbocycles. The molecule has 1 heterocycles. The van der Waals surface area contributed by atoms with E-state index in [0.717, 1.165) is 16.7 Å². The molecule has 0 aliphatic carbocycles. The number of nitrogens with one attached hydrogen (secondary N) is 3. The Balaban J connectivity index is 1.46. The number of carbonyl (C=O) groups excluding carboxylic acids is 2. The van der Waals surface area contributed by atoms with Crippen molar-refractivity contribution < 1.29 is 14.5 Å². The van der Waals surface area contributed by atoms with Crippen LogP contribution < -0.4 is 16.0 Å². The normalized spacial score (nSPS) is 11.4. The van der Waals surface area contributed by atoms with Crippen molar-refractivity contribution in [2.75, 3.05) is 10.6 Å². The van der Waals surface area contributed by atoms with E-state index in [2.05, 4.69) is 26.1 Å². The van der Waals surface area contributed by atoms with Crippen LogP contribution in [0.25, 0.3) is 10.6 Å². The maximum absolute atomic E-state index is 13.1. The monoisotopic (exact) mass is 502 g/mol. The molecule has 10 nitrogen and oxygen atoms in total. The molecule has 36 heavy (non-hydrogen) atoms. The number of nitro groups is 1. The number of hydrogen-bond donors (Lipinski definition) is 3. The second-order valence-electron chi connectivity index (χ2n) is 7.92. The van der Waals surface area contributed by atoms with Crippen molar-refractivity contribution in [3.8, 4) is 10.6 Å². The third-order valence-electron chi connectivity index (χ3n) is 5.16. The second kappa shape index (κ2) is 11.2. The second-order valence-corrected chi connectivity index (χ2v) is 8.89. The van der Waals surface area contributed by atoms with Gasteiger partial charge in [-0.2, -0.15) is 0 Å². The lowest BCUT2D eigenvalue weighted by Gasteiger charge is -2.18. The predicted octanol–water partition coefficient (Wildman–Crippen LogP) is 4.79. The summed E-state index contributed by atoms with van der Waals surface area (Å²) in [5.74, 6) is -0.454. The van der Waals surface area contributed by atoms with E-state index in [-0.39, 0.29) is 12.1 Å². The van der Waals surface area contributed by atoms with Crippen LogP contribution in [-0.2, 0) is 11.2 Å². The third-order valence-corrected chi connectivity index (χ3v) is 6.05. The number of aryl methyl sites for hydroxylation is 1. The summed E-state index contributed by atoms with van der Waals surface area (Å²) in [5, 5.41) is 28.1. The van der Waals surface area contributed by atoms with Gasteiger partial charge in [0.05, 0.1) is 4.92 Å². The highest BCUT2D eigenvalue weighted by Gasteiger charge is 2.23. The van der Waals surface area contributed by atoms with E-state index in [1.54, 1.807) is 0 Å². The fraction of sp³-hybridized carbons (Fsp3) is 0.120. The summed E-state index contributed by atoms with van der Waals surface area (Å²) < 4.78 is 0. The van der Waals surface area contributed by atoms with Gasteiger partial charge in [-0.3, -0.25) is 20.2 Å². The molecule has 11 heteroatoms. The van der Waals surface area contributed by atoms with Gasteiger partial charge in [-0.15, -0.1) is 10.2 Å². The van der Waals surface area contributed by atoms with Crippen LogP contribution in [0.3, 0.4) is 0 Å². The topological polar surface area (TPSA) is 139 Å². The van der Waals surface area contributed by atoms with Crippen LogP contribution in [0.4, 0.5) is 21.3 Å². The zero-order chi connectivity index (χ0) is 25.5. The van der Waals surface area contributed by atoms with Crippen molar-refractivity contribution in [3.05, 3.63) is 100 Å². The summed E-state index contributed by atoms with van der Waals surface area (Å²) in [6.07, 6.45) is 0.240. The minimum Gasteiger partial charge on any atom is -0.326 e. The number of non-ortho nitro benzene ring substituents is 1. The maximum Gasteiger partial charge on any atom is 0.319 e. The van der Waals surface area contributed by atoms with Crippen molar-refractivity contribution >= 4 is 39.8 Å². The van der Waals surface area contributed by atoms with Crippen LogP contribution in [0.2, 0.25) is 0 Å². The maximum atomic E-state index is 13.1. The first-order valence-corrected chi connectivity index (χ1v) is 11.8. The van der Waals surface area contributed by atoms with Crippen LogP contribution in [0.15, 0.2) is 78.9 Å². The Morgan fingerprint density at radius 1 is 0.972 bits per heavy atom. The number of nitro benzene ring substituents is 1. The van der Waals surface area contributed by atoms with E-state index in [9.17, 15) is 19.7 Å². The number of urea groups is 1. The van der Waals surface area contributed by atoms with E-state index in [1.165, 1.54) is 35.6 Å². The molecule has 0 bridgehead atoms. The van der Waals surface area contributed by atoms with Gasteiger partial charge in [0, 0.05) is 29.8 Å². The van der Waals surface area contributed by atoms with E-state index < -0.39 is 22.9 Å². The van der Waals surface area contributed by atoms with Gasteiger partial charge in [0.2, 0.25) is 11.0 Å². The molecule has 3 amide bonds. The summed E-state index contributed by atoms with van der Waals surface area (Å²) >= 11 is 1.23. The first-order chi connectivity index (χ1) is 17.4. The molecular formula is C25H22N6O4S. The van der Waals surface area contributed by atoms with Crippen molar-refractivity contribution in [3.63, 3.8) is 0 Å². The van der Waals surface area contributed by atoms with Crippen molar-refractivity contribution in [1.82, 2.24) is 15.5 Å². The largest absolute Gasteiger partial charge is 0.326 e. The molecule has 1 aromatic heterocycles. The Hall–Kier alpha value is -4.64. The van der Waals surface area contributed by atoms with Gasteiger partial charge in [-0.05, 0) is 30.7 Å². The van der Waals surface area contributed by atoms with Crippen molar-refractivity contribution in [2.45, 2.75) is 19.4 Å². The number of rotatable bonds is 8. The van der Waals surface area contributed by atoms with Gasteiger partial charge >= 0.3 is 6.03 Å². The number of nitrogens with zero attached hydrogens (tertiary/aromatic N) is 3.